The van der Waals surface area contributed by atoms with Crippen LogP contribution in [-0.2, 0) is 20.9 Å². The van der Waals surface area contributed by atoms with Gasteiger partial charge in [0.2, 0.25) is 0 Å². The lowest BCUT2D eigenvalue weighted by Crippen LogP contribution is -2.31. The number of aromatic nitrogens is 3. The first-order valence-electron chi connectivity index (χ1n) is 6.02. The molecule has 0 radical (unpaired) electrons. The van der Waals surface area contributed by atoms with E-state index in [0.29, 0.717) is 11.6 Å². The monoisotopic (exact) mass is 271 g/mol. The average Bonchev–Trinajstić information content (AvgIpc) is 2.60. The topological polar surface area (TPSA) is 86.5 Å². The summed E-state index contributed by atoms with van der Waals surface area (Å²) < 4.78 is 12.1. The molecule has 0 bridgehead atoms. The van der Waals surface area contributed by atoms with E-state index in [1.807, 2.05) is 20.8 Å². The molecule has 1 atom stereocenters. The fraction of sp³-hybridized carbons (Fsp3) is 0.750. The van der Waals surface area contributed by atoms with Crippen molar-refractivity contribution >= 4 is 5.97 Å². The standard InChI is InChI=1S/C12H21N3O4/c1-8-13-14-10(7-18-5)15(8)9(11(16)17)6-19-12(2,3)4/h9H,6-7H2,1-5H3,(H,16,17). The second kappa shape index (κ2) is 6.12. The Bertz CT molecular complexity index is 437. The van der Waals surface area contributed by atoms with E-state index in [1.54, 1.807) is 6.92 Å². The maximum atomic E-state index is 11.4. The quantitative estimate of drug-likeness (QED) is 0.836. The molecule has 108 valence electrons. The van der Waals surface area contributed by atoms with E-state index >= 15 is 0 Å². The van der Waals surface area contributed by atoms with E-state index < -0.39 is 17.6 Å². The number of carboxylic acids is 1. The van der Waals surface area contributed by atoms with E-state index in [2.05, 4.69) is 10.2 Å². The third-order valence-corrected chi connectivity index (χ3v) is 2.48. The number of nitrogens with zero attached hydrogens (tertiary/aromatic N) is 3. The first-order chi connectivity index (χ1) is 8.76. The molecule has 0 saturated carbocycles. The summed E-state index contributed by atoms with van der Waals surface area (Å²) in [5.74, 6) is 0.0198. The molecule has 1 unspecified atom stereocenters. The molecule has 19 heavy (non-hydrogen) atoms. The van der Waals surface area contributed by atoms with Gasteiger partial charge >= 0.3 is 5.97 Å². The lowest BCUT2D eigenvalue weighted by molar-refractivity contribution is -0.145. The predicted molar refractivity (Wildman–Crippen MR) is 67.8 cm³/mol. The summed E-state index contributed by atoms with van der Waals surface area (Å²) >= 11 is 0. The Morgan fingerprint density at radius 3 is 2.53 bits per heavy atom. The molecular weight excluding hydrogens is 250 g/mol. The molecule has 0 spiro atoms. The normalized spacial score (nSPS) is 13.5. The molecule has 7 nitrogen and oxygen atoms in total. The molecule has 0 amide bonds. The smallest absolute Gasteiger partial charge is 0.329 e. The van der Waals surface area contributed by atoms with Crippen LogP contribution in [0.3, 0.4) is 0 Å². The molecule has 1 rings (SSSR count). The second-order valence-electron chi connectivity index (χ2n) is 5.24. The van der Waals surface area contributed by atoms with Crippen LogP contribution in [0.15, 0.2) is 0 Å². The summed E-state index contributed by atoms with van der Waals surface area (Å²) in [6.07, 6.45) is 0. The van der Waals surface area contributed by atoms with Crippen molar-refractivity contribution in [3.8, 4) is 0 Å². The van der Waals surface area contributed by atoms with Gasteiger partial charge in [-0.05, 0) is 27.7 Å². The molecule has 1 heterocycles. The van der Waals surface area contributed by atoms with Gasteiger partial charge in [-0.2, -0.15) is 0 Å². The maximum Gasteiger partial charge on any atom is 0.329 e. The number of hydrogen-bond acceptors (Lipinski definition) is 5. The second-order valence-corrected chi connectivity index (χ2v) is 5.24. The molecule has 1 aromatic heterocycles. The number of carbonyl (C=O) groups is 1. The Kier molecular flexibility index (Phi) is 5.02. The third-order valence-electron chi connectivity index (χ3n) is 2.48. The fourth-order valence-electron chi connectivity index (χ4n) is 1.63. The predicted octanol–water partition coefficient (Wildman–Crippen LogP) is 1.17. The number of carboxylic acid groups (broad SMARTS) is 1. The van der Waals surface area contributed by atoms with Gasteiger partial charge < -0.3 is 14.6 Å². The van der Waals surface area contributed by atoms with Crippen LogP contribution < -0.4 is 0 Å². The van der Waals surface area contributed by atoms with Crippen molar-refractivity contribution in [3.05, 3.63) is 11.6 Å². The fourth-order valence-corrected chi connectivity index (χ4v) is 1.63. The summed E-state index contributed by atoms with van der Waals surface area (Å²) in [6, 6.07) is -0.862. The van der Waals surface area contributed by atoms with Crippen LogP contribution in [0.2, 0.25) is 0 Å². The maximum absolute atomic E-state index is 11.4. The zero-order valence-electron chi connectivity index (χ0n) is 12.0. The first kappa shape index (κ1) is 15.6. The van der Waals surface area contributed by atoms with Crippen LogP contribution in [0.1, 0.15) is 38.5 Å². The first-order valence-corrected chi connectivity index (χ1v) is 6.02. The Morgan fingerprint density at radius 1 is 1.42 bits per heavy atom. The minimum Gasteiger partial charge on any atom is -0.480 e. The van der Waals surface area contributed by atoms with Crippen molar-refractivity contribution < 1.29 is 19.4 Å². The van der Waals surface area contributed by atoms with Crippen molar-refractivity contribution in [1.29, 1.82) is 0 Å². The van der Waals surface area contributed by atoms with Crippen LogP contribution in [0, 0.1) is 6.92 Å². The van der Waals surface area contributed by atoms with E-state index in [9.17, 15) is 9.90 Å². The zero-order chi connectivity index (χ0) is 14.6. The van der Waals surface area contributed by atoms with Crippen molar-refractivity contribution in [2.24, 2.45) is 0 Å². The SMILES string of the molecule is COCc1nnc(C)n1C(COC(C)(C)C)C(=O)O. The Labute approximate surface area is 112 Å². The molecular formula is C12H21N3O4. The van der Waals surface area contributed by atoms with E-state index in [4.69, 9.17) is 9.47 Å². The lowest BCUT2D eigenvalue weighted by atomic mass is 10.2. The van der Waals surface area contributed by atoms with Crippen LogP contribution in [0.5, 0.6) is 0 Å². The lowest BCUT2D eigenvalue weighted by Gasteiger charge is -2.24. The highest BCUT2D eigenvalue weighted by Gasteiger charge is 2.27. The number of aryl methyl sites for hydroxylation is 1. The van der Waals surface area contributed by atoms with Gasteiger partial charge in [-0.25, -0.2) is 4.79 Å². The molecule has 1 N–H and O–H groups in total. The zero-order valence-corrected chi connectivity index (χ0v) is 12.0. The third kappa shape index (κ3) is 4.29. The highest BCUT2D eigenvalue weighted by molar-refractivity contribution is 5.72. The number of methoxy groups -OCH3 is 1. The highest BCUT2D eigenvalue weighted by atomic mass is 16.5. The Balaban J connectivity index is 2.99. The molecule has 7 heteroatoms. The van der Waals surface area contributed by atoms with Gasteiger partial charge in [-0.15, -0.1) is 10.2 Å². The minimum atomic E-state index is -0.982. The molecule has 1 aromatic rings. The molecule has 0 aliphatic rings. The van der Waals surface area contributed by atoms with Gasteiger partial charge in [0.05, 0.1) is 12.2 Å². The molecule has 0 fully saturated rings. The van der Waals surface area contributed by atoms with Crippen molar-refractivity contribution in [2.45, 2.75) is 45.9 Å². The number of ether oxygens (including phenoxy) is 2. The van der Waals surface area contributed by atoms with Gasteiger partial charge in [0, 0.05) is 7.11 Å². The van der Waals surface area contributed by atoms with Crippen LogP contribution in [0.25, 0.3) is 0 Å². The van der Waals surface area contributed by atoms with Crippen LogP contribution in [0.4, 0.5) is 0 Å². The van der Waals surface area contributed by atoms with Gasteiger partial charge in [0.1, 0.15) is 12.4 Å². The van der Waals surface area contributed by atoms with E-state index in [1.165, 1.54) is 11.7 Å². The summed E-state index contributed by atoms with van der Waals surface area (Å²) in [5, 5.41) is 17.2. The van der Waals surface area contributed by atoms with Gasteiger partial charge in [-0.1, -0.05) is 0 Å². The van der Waals surface area contributed by atoms with Crippen LogP contribution >= 0.6 is 0 Å². The summed E-state index contributed by atoms with van der Waals surface area (Å²) in [6.45, 7) is 7.59. The molecule has 0 aromatic carbocycles. The largest absolute Gasteiger partial charge is 0.480 e. The molecule has 0 aliphatic carbocycles. The summed E-state index contributed by atoms with van der Waals surface area (Å²) in [7, 11) is 1.52. The van der Waals surface area contributed by atoms with Gasteiger partial charge in [0.25, 0.3) is 0 Å². The number of rotatable bonds is 6. The number of aliphatic carboxylic acids is 1. The van der Waals surface area contributed by atoms with Gasteiger partial charge in [-0.3, -0.25) is 4.57 Å². The summed E-state index contributed by atoms with van der Waals surface area (Å²) in [4.78, 5) is 11.4. The molecule has 0 aliphatic heterocycles. The van der Waals surface area contributed by atoms with Crippen molar-refractivity contribution in [3.63, 3.8) is 0 Å². The Hall–Kier alpha value is -1.47. The van der Waals surface area contributed by atoms with Gasteiger partial charge in [0.15, 0.2) is 11.9 Å². The van der Waals surface area contributed by atoms with E-state index in [0.717, 1.165) is 0 Å². The van der Waals surface area contributed by atoms with Crippen LogP contribution in [-0.4, -0.2) is 45.2 Å². The van der Waals surface area contributed by atoms with Crippen molar-refractivity contribution in [1.82, 2.24) is 14.8 Å². The van der Waals surface area contributed by atoms with E-state index in [-0.39, 0.29) is 13.2 Å². The van der Waals surface area contributed by atoms with Crippen molar-refractivity contribution in [2.75, 3.05) is 13.7 Å². The summed E-state index contributed by atoms with van der Waals surface area (Å²) in [5.41, 5.74) is -0.406. The highest BCUT2D eigenvalue weighted by Crippen LogP contribution is 2.17. The molecule has 0 saturated heterocycles. The number of hydrogen-bond donors (Lipinski definition) is 1. The average molecular weight is 271 g/mol. The Morgan fingerprint density at radius 2 is 2.05 bits per heavy atom. The minimum absolute atomic E-state index is 0.0500.